The third-order valence-electron chi connectivity index (χ3n) is 7.23. The molecule has 2 aliphatic rings. The van der Waals surface area contributed by atoms with Gasteiger partial charge < -0.3 is 24.4 Å². The lowest BCUT2D eigenvalue weighted by atomic mass is 9.74. The zero-order valence-electron chi connectivity index (χ0n) is 20.1. The standard InChI is InChI=1S/C26H35N3O4/c1-5-26(3)17-29(25(31)10-11-30)16-21(26)19-7-8-22(32-4)23(12-19)33-20-14-28(15-20)24-9-6-18(2)13-27-24/h6-9,12-13,20-21,30H,5,10-11,14-17H2,1-4H3/t21-,26+/m0/s1. The van der Waals surface area contributed by atoms with E-state index >= 15 is 0 Å². The van der Waals surface area contributed by atoms with Crippen molar-refractivity contribution in [2.45, 2.75) is 45.6 Å². The monoisotopic (exact) mass is 453 g/mol. The molecule has 1 aromatic heterocycles. The lowest BCUT2D eigenvalue weighted by Crippen LogP contribution is -2.54. The molecule has 0 unspecified atom stereocenters. The normalized spacial score (nSPS) is 22.9. The quantitative estimate of drug-likeness (QED) is 0.660. The number of amides is 1. The van der Waals surface area contributed by atoms with E-state index in [1.807, 2.05) is 30.2 Å². The van der Waals surface area contributed by atoms with Crippen LogP contribution in [-0.2, 0) is 4.79 Å². The van der Waals surface area contributed by atoms with Crippen LogP contribution >= 0.6 is 0 Å². The molecule has 0 bridgehead atoms. The molecule has 178 valence electrons. The third-order valence-corrected chi connectivity index (χ3v) is 7.23. The number of carbonyl (C=O) groups is 1. The lowest BCUT2D eigenvalue weighted by Gasteiger charge is -2.40. The van der Waals surface area contributed by atoms with Crippen LogP contribution in [0.4, 0.5) is 5.82 Å². The Balaban J connectivity index is 1.48. The molecule has 7 heteroatoms. The number of aliphatic hydroxyl groups excluding tert-OH is 1. The molecule has 1 aromatic carbocycles. The van der Waals surface area contributed by atoms with Gasteiger partial charge in [-0.3, -0.25) is 4.79 Å². The smallest absolute Gasteiger partial charge is 0.224 e. The molecule has 4 rings (SSSR count). The van der Waals surface area contributed by atoms with Crippen LogP contribution in [0.3, 0.4) is 0 Å². The van der Waals surface area contributed by atoms with Crippen molar-refractivity contribution in [2.24, 2.45) is 5.41 Å². The molecule has 3 heterocycles. The molecular weight excluding hydrogens is 418 g/mol. The van der Waals surface area contributed by atoms with Gasteiger partial charge in [-0.1, -0.05) is 26.0 Å². The number of anilines is 1. The van der Waals surface area contributed by atoms with Crippen LogP contribution in [0.2, 0.25) is 0 Å². The summed E-state index contributed by atoms with van der Waals surface area (Å²) in [6.45, 7) is 9.27. The predicted molar refractivity (Wildman–Crippen MR) is 128 cm³/mol. The summed E-state index contributed by atoms with van der Waals surface area (Å²) in [5.41, 5.74) is 2.28. The van der Waals surface area contributed by atoms with E-state index < -0.39 is 0 Å². The summed E-state index contributed by atoms with van der Waals surface area (Å²) >= 11 is 0. The summed E-state index contributed by atoms with van der Waals surface area (Å²) < 4.78 is 11.9. The van der Waals surface area contributed by atoms with Crippen LogP contribution in [0, 0.1) is 12.3 Å². The Morgan fingerprint density at radius 3 is 2.64 bits per heavy atom. The van der Waals surface area contributed by atoms with Crippen LogP contribution in [0.15, 0.2) is 36.5 Å². The molecule has 0 saturated carbocycles. The zero-order chi connectivity index (χ0) is 23.6. The van der Waals surface area contributed by atoms with Gasteiger partial charge in [0.15, 0.2) is 11.5 Å². The SMILES string of the molecule is CC[C@]1(C)CN(C(=O)CCO)C[C@H]1c1ccc(OC)c(OC2CN(c3ccc(C)cn3)C2)c1. The second-order valence-corrected chi connectivity index (χ2v) is 9.56. The van der Waals surface area contributed by atoms with E-state index in [1.165, 1.54) is 0 Å². The lowest BCUT2D eigenvalue weighted by molar-refractivity contribution is -0.131. The minimum atomic E-state index is -0.111. The van der Waals surface area contributed by atoms with Gasteiger partial charge in [-0.05, 0) is 48.1 Å². The highest BCUT2D eigenvalue weighted by atomic mass is 16.5. The van der Waals surface area contributed by atoms with Crippen LogP contribution in [-0.4, -0.2) is 66.9 Å². The van der Waals surface area contributed by atoms with Crippen molar-refractivity contribution >= 4 is 11.7 Å². The van der Waals surface area contributed by atoms with E-state index in [-0.39, 0.29) is 36.4 Å². The van der Waals surface area contributed by atoms with Gasteiger partial charge >= 0.3 is 0 Å². The molecule has 2 fully saturated rings. The molecule has 7 nitrogen and oxygen atoms in total. The number of nitrogens with zero attached hydrogens (tertiary/aromatic N) is 3. The van der Waals surface area contributed by atoms with Crippen LogP contribution in [0.25, 0.3) is 0 Å². The van der Waals surface area contributed by atoms with E-state index in [4.69, 9.17) is 9.47 Å². The van der Waals surface area contributed by atoms with Crippen LogP contribution in [0.5, 0.6) is 11.5 Å². The highest BCUT2D eigenvalue weighted by molar-refractivity contribution is 5.77. The van der Waals surface area contributed by atoms with E-state index in [1.54, 1.807) is 7.11 Å². The van der Waals surface area contributed by atoms with Gasteiger partial charge in [0.2, 0.25) is 5.91 Å². The Kier molecular flexibility index (Phi) is 6.79. The number of carbonyl (C=O) groups excluding carboxylic acids is 1. The molecule has 0 aliphatic carbocycles. The summed E-state index contributed by atoms with van der Waals surface area (Å²) in [6, 6.07) is 10.3. The topological polar surface area (TPSA) is 75.1 Å². The van der Waals surface area contributed by atoms with Crippen molar-refractivity contribution in [2.75, 3.05) is 44.8 Å². The molecule has 1 N–H and O–H groups in total. The second-order valence-electron chi connectivity index (χ2n) is 9.56. The van der Waals surface area contributed by atoms with E-state index in [9.17, 15) is 9.90 Å². The van der Waals surface area contributed by atoms with Gasteiger partial charge in [-0.2, -0.15) is 0 Å². The Bertz CT molecular complexity index is 974. The molecule has 33 heavy (non-hydrogen) atoms. The molecule has 2 saturated heterocycles. The van der Waals surface area contributed by atoms with E-state index in [2.05, 4.69) is 41.9 Å². The third kappa shape index (κ3) is 4.78. The maximum atomic E-state index is 12.5. The fourth-order valence-electron chi connectivity index (χ4n) is 4.89. The second kappa shape index (κ2) is 9.59. The molecule has 2 atom stereocenters. The zero-order valence-corrected chi connectivity index (χ0v) is 20.1. The number of benzene rings is 1. The van der Waals surface area contributed by atoms with Crippen molar-refractivity contribution in [3.05, 3.63) is 47.7 Å². The summed E-state index contributed by atoms with van der Waals surface area (Å²) in [5.74, 6) is 2.65. The molecule has 2 aromatic rings. The van der Waals surface area contributed by atoms with Crippen molar-refractivity contribution in [3.63, 3.8) is 0 Å². The Hall–Kier alpha value is -2.80. The highest BCUT2D eigenvalue weighted by Crippen LogP contribution is 2.47. The first-order valence-electron chi connectivity index (χ1n) is 11.8. The number of methoxy groups -OCH3 is 1. The average Bonchev–Trinajstić information content (AvgIpc) is 3.15. The van der Waals surface area contributed by atoms with E-state index in [0.29, 0.717) is 13.1 Å². The Morgan fingerprint density at radius 2 is 2.00 bits per heavy atom. The molecule has 2 aliphatic heterocycles. The number of likely N-dealkylation sites (tertiary alicyclic amines) is 1. The minimum absolute atomic E-state index is 0.0175. The van der Waals surface area contributed by atoms with Gasteiger partial charge in [0, 0.05) is 31.6 Å². The number of hydrogen-bond donors (Lipinski definition) is 1. The fourth-order valence-corrected chi connectivity index (χ4v) is 4.89. The molecule has 0 spiro atoms. The number of rotatable bonds is 8. The fraction of sp³-hybridized carbons (Fsp3) is 0.538. The Labute approximate surface area is 196 Å². The summed E-state index contributed by atoms with van der Waals surface area (Å²) in [7, 11) is 1.66. The first-order chi connectivity index (χ1) is 15.9. The highest BCUT2D eigenvalue weighted by Gasteiger charge is 2.44. The van der Waals surface area contributed by atoms with Crippen LogP contribution < -0.4 is 14.4 Å². The summed E-state index contributed by atoms with van der Waals surface area (Å²) in [6.07, 6.45) is 3.10. The van der Waals surface area contributed by atoms with Crippen molar-refractivity contribution in [3.8, 4) is 11.5 Å². The number of aryl methyl sites for hydroxylation is 1. The van der Waals surface area contributed by atoms with Crippen molar-refractivity contribution < 1.29 is 19.4 Å². The van der Waals surface area contributed by atoms with Crippen molar-refractivity contribution in [1.82, 2.24) is 9.88 Å². The number of aliphatic hydroxyl groups is 1. The van der Waals surface area contributed by atoms with Crippen molar-refractivity contribution in [1.29, 1.82) is 0 Å². The van der Waals surface area contributed by atoms with Crippen LogP contribution in [0.1, 0.15) is 43.7 Å². The summed E-state index contributed by atoms with van der Waals surface area (Å²) in [4.78, 5) is 21.1. The maximum absolute atomic E-state index is 12.5. The number of hydrogen-bond acceptors (Lipinski definition) is 6. The van der Waals surface area contributed by atoms with Gasteiger partial charge in [0.25, 0.3) is 0 Å². The first-order valence-corrected chi connectivity index (χ1v) is 11.8. The number of ether oxygens (including phenoxy) is 2. The molecule has 1 amide bonds. The molecule has 0 radical (unpaired) electrons. The number of aromatic nitrogens is 1. The largest absolute Gasteiger partial charge is 0.493 e. The Morgan fingerprint density at radius 1 is 1.21 bits per heavy atom. The first kappa shape index (κ1) is 23.4. The van der Waals surface area contributed by atoms with Gasteiger partial charge in [0.05, 0.1) is 26.8 Å². The maximum Gasteiger partial charge on any atom is 0.224 e. The van der Waals surface area contributed by atoms with Gasteiger partial charge in [0.1, 0.15) is 11.9 Å². The number of pyridine rings is 1. The molecular formula is C26H35N3O4. The van der Waals surface area contributed by atoms with Gasteiger partial charge in [-0.25, -0.2) is 4.98 Å². The van der Waals surface area contributed by atoms with Gasteiger partial charge in [-0.15, -0.1) is 0 Å². The predicted octanol–water partition coefficient (Wildman–Crippen LogP) is 3.39. The summed E-state index contributed by atoms with van der Waals surface area (Å²) in [5, 5.41) is 9.19. The average molecular weight is 454 g/mol. The van der Waals surface area contributed by atoms with E-state index in [0.717, 1.165) is 48.0 Å². The minimum Gasteiger partial charge on any atom is -0.493 e.